The van der Waals surface area contributed by atoms with Crippen LogP contribution in [0.2, 0.25) is 0 Å². The van der Waals surface area contributed by atoms with E-state index in [-0.39, 0.29) is 10.6 Å². The van der Waals surface area contributed by atoms with Crippen LogP contribution in [0.3, 0.4) is 0 Å². The van der Waals surface area contributed by atoms with E-state index in [0.29, 0.717) is 23.9 Å². The number of hydrogen-bond acceptors (Lipinski definition) is 5. The zero-order chi connectivity index (χ0) is 13.8. The molecule has 0 unspecified atom stereocenters. The first-order valence-electron chi connectivity index (χ1n) is 6.65. The molecule has 1 fully saturated rings. The van der Waals surface area contributed by atoms with Gasteiger partial charge in [-0.05, 0) is 25.2 Å². The van der Waals surface area contributed by atoms with Gasteiger partial charge in [0.2, 0.25) is 5.82 Å². The van der Waals surface area contributed by atoms with Gasteiger partial charge in [-0.1, -0.05) is 6.92 Å². The lowest BCUT2D eigenvalue weighted by Crippen LogP contribution is -2.23. The molecule has 0 aliphatic carbocycles. The Kier molecular flexibility index (Phi) is 4.36. The van der Waals surface area contributed by atoms with Crippen LogP contribution in [-0.2, 0) is 18.2 Å². The minimum Gasteiger partial charge on any atom is -0.381 e. The van der Waals surface area contributed by atoms with Gasteiger partial charge in [-0.25, -0.2) is 4.68 Å². The summed E-state index contributed by atoms with van der Waals surface area (Å²) in [6.07, 6.45) is 2.56. The van der Waals surface area contributed by atoms with Crippen LogP contribution in [0.1, 0.15) is 25.5 Å². The highest BCUT2D eigenvalue weighted by Gasteiger charge is 2.26. The topological polar surface area (TPSA) is 82.2 Å². The molecule has 7 nitrogen and oxygen atoms in total. The van der Waals surface area contributed by atoms with Gasteiger partial charge in [-0.3, -0.25) is 10.1 Å². The highest BCUT2D eigenvalue weighted by atomic mass is 16.6. The highest BCUT2D eigenvalue weighted by Crippen LogP contribution is 2.29. The van der Waals surface area contributed by atoms with E-state index in [1.165, 1.54) is 0 Å². The lowest BCUT2D eigenvalue weighted by Gasteiger charge is -2.22. The quantitative estimate of drug-likeness (QED) is 0.649. The number of nitro groups is 1. The van der Waals surface area contributed by atoms with Gasteiger partial charge < -0.3 is 10.1 Å². The monoisotopic (exact) mass is 268 g/mol. The fourth-order valence-electron chi connectivity index (χ4n) is 2.39. The van der Waals surface area contributed by atoms with E-state index in [2.05, 4.69) is 10.4 Å². The molecular formula is C12H20N4O3. The van der Waals surface area contributed by atoms with Crippen molar-refractivity contribution in [1.29, 1.82) is 0 Å². The summed E-state index contributed by atoms with van der Waals surface area (Å²) in [5.41, 5.74) is 0.638. The predicted molar refractivity (Wildman–Crippen MR) is 71.3 cm³/mol. The Morgan fingerprint density at radius 2 is 2.21 bits per heavy atom. The Hall–Kier alpha value is -1.63. The average molecular weight is 268 g/mol. The largest absolute Gasteiger partial charge is 0.381 e. The van der Waals surface area contributed by atoms with Crippen LogP contribution < -0.4 is 5.32 Å². The smallest absolute Gasteiger partial charge is 0.333 e. The normalized spacial score (nSPS) is 16.5. The molecule has 1 aromatic heterocycles. The number of aromatic nitrogens is 2. The van der Waals surface area contributed by atoms with E-state index < -0.39 is 0 Å². The van der Waals surface area contributed by atoms with Gasteiger partial charge in [-0.15, -0.1) is 0 Å². The molecule has 2 rings (SSSR count). The third kappa shape index (κ3) is 3.04. The van der Waals surface area contributed by atoms with E-state index in [4.69, 9.17) is 4.74 Å². The van der Waals surface area contributed by atoms with Crippen LogP contribution in [-0.4, -0.2) is 34.5 Å². The molecule has 7 heteroatoms. The number of aryl methyl sites for hydroxylation is 2. The fraction of sp³-hybridized carbons (Fsp3) is 0.750. The number of anilines is 1. The summed E-state index contributed by atoms with van der Waals surface area (Å²) in [4.78, 5) is 10.8. The maximum absolute atomic E-state index is 11.2. The second-order valence-corrected chi connectivity index (χ2v) is 4.81. The molecule has 2 heterocycles. The first-order chi connectivity index (χ1) is 9.13. The summed E-state index contributed by atoms with van der Waals surface area (Å²) in [7, 11) is 1.73. The highest BCUT2D eigenvalue weighted by molar-refractivity contribution is 5.59. The number of nitrogens with zero attached hydrogens (tertiary/aromatic N) is 3. The van der Waals surface area contributed by atoms with Crippen LogP contribution in [0.25, 0.3) is 0 Å². The molecule has 19 heavy (non-hydrogen) atoms. The first-order valence-corrected chi connectivity index (χ1v) is 6.65. The summed E-state index contributed by atoms with van der Waals surface area (Å²) in [6, 6.07) is 0. The van der Waals surface area contributed by atoms with Crippen LogP contribution in [0.5, 0.6) is 0 Å². The molecule has 1 N–H and O–H groups in total. The minimum atomic E-state index is -0.349. The molecular weight excluding hydrogens is 248 g/mol. The van der Waals surface area contributed by atoms with Crippen molar-refractivity contribution in [2.45, 2.75) is 26.2 Å². The molecule has 1 aliphatic heterocycles. The fourth-order valence-corrected chi connectivity index (χ4v) is 2.39. The lowest BCUT2D eigenvalue weighted by atomic mass is 10.0. The second-order valence-electron chi connectivity index (χ2n) is 4.81. The number of ether oxygens (including phenoxy) is 1. The van der Waals surface area contributed by atoms with Crippen molar-refractivity contribution in [3.63, 3.8) is 0 Å². The maximum atomic E-state index is 11.2. The Morgan fingerprint density at radius 3 is 2.79 bits per heavy atom. The van der Waals surface area contributed by atoms with Crippen LogP contribution in [0, 0.1) is 16.0 Å². The molecule has 1 aliphatic rings. The van der Waals surface area contributed by atoms with Gasteiger partial charge in [0.1, 0.15) is 5.69 Å². The third-order valence-electron chi connectivity index (χ3n) is 3.51. The lowest BCUT2D eigenvalue weighted by molar-refractivity contribution is -0.384. The Labute approximate surface area is 112 Å². The van der Waals surface area contributed by atoms with Crippen LogP contribution in [0.15, 0.2) is 0 Å². The zero-order valence-electron chi connectivity index (χ0n) is 11.4. The maximum Gasteiger partial charge on any atom is 0.333 e. The van der Waals surface area contributed by atoms with Crippen molar-refractivity contribution in [2.75, 3.05) is 25.1 Å². The summed E-state index contributed by atoms with van der Waals surface area (Å²) in [5, 5.41) is 18.6. The predicted octanol–water partition coefficient (Wildman–Crippen LogP) is 1.73. The SMILES string of the molecule is CCc1nn(C)c(NCC2CCOCC2)c1[N+](=O)[O-]. The molecule has 1 aromatic rings. The molecule has 106 valence electrons. The van der Waals surface area contributed by atoms with Gasteiger partial charge in [0.15, 0.2) is 0 Å². The molecule has 0 spiro atoms. The number of nitrogens with one attached hydrogen (secondary N) is 1. The molecule has 0 atom stereocenters. The summed E-state index contributed by atoms with van der Waals surface area (Å²) in [6.45, 7) is 4.16. The van der Waals surface area contributed by atoms with Crippen molar-refractivity contribution < 1.29 is 9.66 Å². The van der Waals surface area contributed by atoms with E-state index >= 15 is 0 Å². The second kappa shape index (κ2) is 6.01. The van der Waals surface area contributed by atoms with Crippen molar-refractivity contribution >= 4 is 11.5 Å². The molecule has 0 aromatic carbocycles. The van der Waals surface area contributed by atoms with E-state index in [1.807, 2.05) is 6.92 Å². The molecule has 0 radical (unpaired) electrons. The van der Waals surface area contributed by atoms with Gasteiger partial charge in [0.25, 0.3) is 0 Å². The van der Waals surface area contributed by atoms with Crippen molar-refractivity contribution in [2.24, 2.45) is 13.0 Å². The Bertz CT molecular complexity index is 452. The molecule has 1 saturated heterocycles. The third-order valence-corrected chi connectivity index (χ3v) is 3.51. The van der Waals surface area contributed by atoms with E-state index in [0.717, 1.165) is 32.6 Å². The van der Waals surface area contributed by atoms with Crippen LogP contribution >= 0.6 is 0 Å². The summed E-state index contributed by atoms with van der Waals surface area (Å²) in [5.74, 6) is 1.02. The van der Waals surface area contributed by atoms with Gasteiger partial charge in [0.05, 0.1) is 4.92 Å². The van der Waals surface area contributed by atoms with Crippen molar-refractivity contribution in [1.82, 2.24) is 9.78 Å². The Morgan fingerprint density at radius 1 is 1.53 bits per heavy atom. The van der Waals surface area contributed by atoms with E-state index in [1.54, 1.807) is 11.7 Å². The molecule has 0 amide bonds. The van der Waals surface area contributed by atoms with Gasteiger partial charge in [-0.2, -0.15) is 5.10 Å². The standard InChI is InChI=1S/C12H20N4O3/c1-3-10-11(16(17)18)12(15(2)14-10)13-8-9-4-6-19-7-5-9/h9,13H,3-8H2,1-2H3. The average Bonchev–Trinajstić information content (AvgIpc) is 2.74. The van der Waals surface area contributed by atoms with Crippen molar-refractivity contribution in [3.8, 4) is 0 Å². The summed E-state index contributed by atoms with van der Waals surface area (Å²) < 4.78 is 6.87. The molecule has 0 saturated carbocycles. The van der Waals surface area contributed by atoms with Crippen LogP contribution in [0.4, 0.5) is 11.5 Å². The summed E-state index contributed by atoms with van der Waals surface area (Å²) >= 11 is 0. The van der Waals surface area contributed by atoms with Crippen molar-refractivity contribution in [3.05, 3.63) is 15.8 Å². The number of rotatable bonds is 5. The first kappa shape index (κ1) is 13.8. The van der Waals surface area contributed by atoms with Gasteiger partial charge >= 0.3 is 5.69 Å². The minimum absolute atomic E-state index is 0.108. The Balaban J connectivity index is 2.10. The zero-order valence-corrected chi connectivity index (χ0v) is 11.4. The van der Waals surface area contributed by atoms with Gasteiger partial charge in [0, 0.05) is 26.8 Å². The van der Waals surface area contributed by atoms with E-state index in [9.17, 15) is 10.1 Å². The molecule has 0 bridgehead atoms. The number of hydrogen-bond donors (Lipinski definition) is 1.